The van der Waals surface area contributed by atoms with Crippen LogP contribution in [0.1, 0.15) is 11.4 Å². The smallest absolute Gasteiger partial charge is 0.197 e. The van der Waals surface area contributed by atoms with Gasteiger partial charge in [0.2, 0.25) is 0 Å². The molecule has 0 saturated carbocycles. The SMILES string of the molecule is COc1ccc(Nc2nc3cc(Cl)c(Cl)cc3nc2-n2nc(C)cc2C)cc1Cl. The maximum Gasteiger partial charge on any atom is 0.197 e. The van der Waals surface area contributed by atoms with Crippen molar-refractivity contribution in [1.82, 2.24) is 19.7 Å². The van der Waals surface area contributed by atoms with Gasteiger partial charge in [-0.25, -0.2) is 14.6 Å². The number of anilines is 2. The number of rotatable bonds is 4. The summed E-state index contributed by atoms with van der Waals surface area (Å²) in [7, 11) is 1.57. The number of nitrogens with zero attached hydrogens (tertiary/aromatic N) is 4. The number of benzene rings is 2. The number of methoxy groups -OCH3 is 1. The van der Waals surface area contributed by atoms with Gasteiger partial charge >= 0.3 is 0 Å². The first-order chi connectivity index (χ1) is 13.9. The Morgan fingerprint density at radius 1 is 0.897 bits per heavy atom. The highest BCUT2D eigenvalue weighted by atomic mass is 35.5. The minimum atomic E-state index is 0.408. The van der Waals surface area contributed by atoms with E-state index in [9.17, 15) is 0 Å². The van der Waals surface area contributed by atoms with E-state index in [1.165, 1.54) is 0 Å². The molecule has 0 amide bonds. The number of hydrogen-bond donors (Lipinski definition) is 1. The van der Waals surface area contributed by atoms with Gasteiger partial charge in [0.1, 0.15) is 5.75 Å². The van der Waals surface area contributed by atoms with E-state index < -0.39 is 0 Å². The van der Waals surface area contributed by atoms with E-state index in [4.69, 9.17) is 49.5 Å². The molecule has 0 bridgehead atoms. The molecule has 6 nitrogen and oxygen atoms in total. The number of halogens is 3. The zero-order valence-corrected chi connectivity index (χ0v) is 18.1. The van der Waals surface area contributed by atoms with Crippen molar-refractivity contribution < 1.29 is 4.74 Å². The summed E-state index contributed by atoms with van der Waals surface area (Å²) >= 11 is 18.6. The molecule has 148 valence electrons. The summed E-state index contributed by atoms with van der Waals surface area (Å²) in [6, 6.07) is 10.7. The largest absolute Gasteiger partial charge is 0.495 e. The van der Waals surface area contributed by atoms with Crippen LogP contribution in [0.25, 0.3) is 16.9 Å². The van der Waals surface area contributed by atoms with Crippen LogP contribution in [0.2, 0.25) is 15.1 Å². The zero-order valence-electron chi connectivity index (χ0n) is 15.8. The number of aryl methyl sites for hydroxylation is 2. The van der Waals surface area contributed by atoms with E-state index in [1.54, 1.807) is 36.1 Å². The van der Waals surface area contributed by atoms with Gasteiger partial charge in [-0.1, -0.05) is 34.8 Å². The molecule has 0 aliphatic carbocycles. The van der Waals surface area contributed by atoms with Crippen LogP contribution in [0, 0.1) is 13.8 Å². The molecular formula is C20H16Cl3N5O. The molecule has 0 saturated heterocycles. The molecule has 0 fully saturated rings. The number of hydrogen-bond acceptors (Lipinski definition) is 5. The third-order valence-corrected chi connectivity index (χ3v) is 5.33. The molecule has 0 spiro atoms. The van der Waals surface area contributed by atoms with Gasteiger partial charge in [-0.2, -0.15) is 5.10 Å². The molecule has 0 unspecified atom stereocenters. The normalized spacial score (nSPS) is 11.1. The lowest BCUT2D eigenvalue weighted by atomic mass is 10.2. The van der Waals surface area contributed by atoms with Crippen LogP contribution in [0.15, 0.2) is 36.4 Å². The second-order valence-electron chi connectivity index (χ2n) is 6.46. The fraction of sp³-hybridized carbons (Fsp3) is 0.150. The number of fused-ring (bicyclic) bond motifs is 1. The zero-order chi connectivity index (χ0) is 20.7. The van der Waals surface area contributed by atoms with Crippen molar-refractivity contribution in [3.63, 3.8) is 0 Å². The van der Waals surface area contributed by atoms with E-state index >= 15 is 0 Å². The molecule has 4 aromatic rings. The predicted molar refractivity (Wildman–Crippen MR) is 117 cm³/mol. The fourth-order valence-corrected chi connectivity index (χ4v) is 3.57. The summed E-state index contributed by atoms with van der Waals surface area (Å²) in [4.78, 5) is 9.47. The summed E-state index contributed by atoms with van der Waals surface area (Å²) in [5.41, 5.74) is 3.74. The standard InChI is InChI=1S/C20H16Cl3N5O/c1-10-6-11(2)28(27-10)20-19(24-12-4-5-18(29-3)15(23)7-12)25-16-8-13(21)14(22)9-17(16)26-20/h4-9H,1-3H3,(H,24,25). The highest BCUT2D eigenvalue weighted by Crippen LogP contribution is 2.32. The Morgan fingerprint density at radius 3 is 2.17 bits per heavy atom. The summed E-state index contributed by atoms with van der Waals surface area (Å²) in [6.45, 7) is 3.87. The van der Waals surface area contributed by atoms with Crippen LogP contribution in [0.5, 0.6) is 5.75 Å². The molecule has 2 heterocycles. The first-order valence-electron chi connectivity index (χ1n) is 8.66. The molecule has 2 aromatic heterocycles. The lowest BCUT2D eigenvalue weighted by Gasteiger charge is -2.14. The van der Waals surface area contributed by atoms with Gasteiger partial charge in [-0.3, -0.25) is 0 Å². The predicted octanol–water partition coefficient (Wildman–Crippen LogP) is 6.14. The van der Waals surface area contributed by atoms with E-state index in [0.29, 0.717) is 43.5 Å². The first-order valence-corrected chi connectivity index (χ1v) is 9.80. The lowest BCUT2D eigenvalue weighted by molar-refractivity contribution is 0.415. The van der Waals surface area contributed by atoms with E-state index in [1.807, 2.05) is 26.0 Å². The average Bonchev–Trinajstić information content (AvgIpc) is 3.01. The maximum absolute atomic E-state index is 6.26. The molecule has 0 aliphatic heterocycles. The summed E-state index contributed by atoms with van der Waals surface area (Å²) in [5.74, 6) is 1.62. The van der Waals surface area contributed by atoms with E-state index in [-0.39, 0.29) is 0 Å². The molecule has 2 aromatic carbocycles. The molecule has 29 heavy (non-hydrogen) atoms. The van der Waals surface area contributed by atoms with Gasteiger partial charge in [-0.15, -0.1) is 0 Å². The Bertz CT molecular complexity index is 1240. The third kappa shape index (κ3) is 3.83. The van der Waals surface area contributed by atoms with Gasteiger partial charge in [-0.05, 0) is 50.2 Å². The molecule has 9 heteroatoms. The summed E-state index contributed by atoms with van der Waals surface area (Å²) in [6.07, 6.45) is 0. The third-order valence-electron chi connectivity index (χ3n) is 4.31. The van der Waals surface area contributed by atoms with Crippen LogP contribution >= 0.6 is 34.8 Å². The van der Waals surface area contributed by atoms with Gasteiger partial charge in [0.05, 0.1) is 38.9 Å². The fourth-order valence-electron chi connectivity index (χ4n) is 3.00. The Kier molecular flexibility index (Phi) is 5.25. The molecule has 4 rings (SSSR count). The molecule has 1 N–H and O–H groups in total. The lowest BCUT2D eigenvalue weighted by Crippen LogP contribution is -2.09. The Labute approximate surface area is 182 Å². The van der Waals surface area contributed by atoms with Crippen molar-refractivity contribution in [2.75, 3.05) is 12.4 Å². The highest BCUT2D eigenvalue weighted by Gasteiger charge is 2.16. The molecule has 0 aliphatic rings. The van der Waals surface area contributed by atoms with E-state index in [2.05, 4.69) is 10.4 Å². The number of ether oxygens (including phenoxy) is 1. The minimum Gasteiger partial charge on any atom is -0.495 e. The molecular weight excluding hydrogens is 433 g/mol. The van der Waals surface area contributed by atoms with Crippen molar-refractivity contribution in [1.29, 1.82) is 0 Å². The quantitative estimate of drug-likeness (QED) is 0.406. The number of nitrogens with one attached hydrogen (secondary N) is 1. The second kappa shape index (κ2) is 7.71. The van der Waals surface area contributed by atoms with Crippen molar-refractivity contribution in [3.8, 4) is 11.6 Å². The molecule has 0 atom stereocenters. The topological polar surface area (TPSA) is 64.9 Å². The average molecular weight is 449 g/mol. The summed E-state index contributed by atoms with van der Waals surface area (Å²) in [5, 5.41) is 9.12. The second-order valence-corrected chi connectivity index (χ2v) is 7.69. The van der Waals surface area contributed by atoms with Gasteiger partial charge in [0.25, 0.3) is 0 Å². The van der Waals surface area contributed by atoms with E-state index in [0.717, 1.165) is 17.1 Å². The van der Waals surface area contributed by atoms with Crippen molar-refractivity contribution in [2.24, 2.45) is 0 Å². The Hall–Kier alpha value is -2.54. The van der Waals surface area contributed by atoms with Crippen molar-refractivity contribution in [2.45, 2.75) is 13.8 Å². The van der Waals surface area contributed by atoms with Crippen LogP contribution in [0.3, 0.4) is 0 Å². The maximum atomic E-state index is 6.26. The van der Waals surface area contributed by atoms with Crippen molar-refractivity contribution >= 4 is 57.3 Å². The van der Waals surface area contributed by atoms with Crippen LogP contribution in [-0.2, 0) is 0 Å². The highest BCUT2D eigenvalue weighted by molar-refractivity contribution is 6.42. The van der Waals surface area contributed by atoms with Gasteiger partial charge < -0.3 is 10.1 Å². The van der Waals surface area contributed by atoms with Crippen LogP contribution in [0.4, 0.5) is 11.5 Å². The van der Waals surface area contributed by atoms with Crippen molar-refractivity contribution in [3.05, 3.63) is 62.9 Å². The van der Waals surface area contributed by atoms with Crippen LogP contribution < -0.4 is 10.1 Å². The van der Waals surface area contributed by atoms with Crippen LogP contribution in [-0.4, -0.2) is 26.9 Å². The minimum absolute atomic E-state index is 0.408. The Morgan fingerprint density at radius 2 is 1.59 bits per heavy atom. The first kappa shape index (κ1) is 19.8. The summed E-state index contributed by atoms with van der Waals surface area (Å²) < 4.78 is 6.95. The number of aromatic nitrogens is 4. The Balaban J connectivity index is 1.90. The monoisotopic (exact) mass is 447 g/mol. The van der Waals surface area contributed by atoms with Gasteiger partial charge in [0, 0.05) is 11.4 Å². The molecule has 0 radical (unpaired) electrons. The van der Waals surface area contributed by atoms with Gasteiger partial charge in [0.15, 0.2) is 11.6 Å².